The second-order valence-corrected chi connectivity index (χ2v) is 8.19. The molecule has 3 rings (SSSR count). The highest BCUT2D eigenvalue weighted by Gasteiger charge is 2.51. The zero-order chi connectivity index (χ0) is 20.8. The van der Waals surface area contributed by atoms with E-state index in [0.29, 0.717) is 18.5 Å². The Hall–Kier alpha value is -1.95. The first kappa shape index (κ1) is 20.8. The van der Waals surface area contributed by atoms with Gasteiger partial charge in [0.1, 0.15) is 16.9 Å². The van der Waals surface area contributed by atoms with E-state index in [4.69, 9.17) is 21.5 Å². The fraction of sp³-hybridized carbons (Fsp3) is 0.706. The van der Waals surface area contributed by atoms with E-state index in [-0.39, 0.29) is 37.2 Å². The van der Waals surface area contributed by atoms with Crippen LogP contribution in [0.5, 0.6) is 0 Å². The molecule has 0 radical (unpaired) electrons. The van der Waals surface area contributed by atoms with Gasteiger partial charge in [0.15, 0.2) is 0 Å². The fourth-order valence-electron chi connectivity index (χ4n) is 4.36. The van der Waals surface area contributed by atoms with Gasteiger partial charge in [-0.1, -0.05) is 6.42 Å². The minimum Gasteiger partial charge on any atom is -0.480 e. The molecule has 1 aliphatic carbocycles. The summed E-state index contributed by atoms with van der Waals surface area (Å²) >= 11 is 0. The second-order valence-electron chi connectivity index (χ2n) is 8.19. The lowest BCUT2D eigenvalue weighted by molar-refractivity contribution is -0.144. The summed E-state index contributed by atoms with van der Waals surface area (Å²) in [5.74, 6) is -1.66. The van der Waals surface area contributed by atoms with Gasteiger partial charge in [0.25, 0.3) is 10.9 Å². The maximum atomic E-state index is 12.3. The third-order valence-electron chi connectivity index (χ3n) is 6.26. The van der Waals surface area contributed by atoms with Crippen LogP contribution in [0.15, 0.2) is 9.59 Å². The van der Waals surface area contributed by atoms with E-state index in [1.54, 1.807) is 16.8 Å². The molecule has 10 nitrogen and oxygen atoms in total. The number of rotatable bonds is 8. The summed E-state index contributed by atoms with van der Waals surface area (Å²) in [5.41, 5.74) is 9.76. The second kappa shape index (κ2) is 7.47. The molecule has 1 saturated heterocycles. The van der Waals surface area contributed by atoms with Crippen LogP contribution in [0.4, 0.5) is 11.4 Å². The Kier molecular flexibility index (Phi) is 5.54. The number of hydrogen-bond acceptors (Lipinski definition) is 9. The third-order valence-corrected chi connectivity index (χ3v) is 6.26. The quantitative estimate of drug-likeness (QED) is 0.238. The normalized spacial score (nSPS) is 29.8. The van der Waals surface area contributed by atoms with E-state index in [2.05, 4.69) is 0 Å². The van der Waals surface area contributed by atoms with Gasteiger partial charge in [0.05, 0.1) is 0 Å². The van der Waals surface area contributed by atoms with Crippen LogP contribution in [0, 0.1) is 5.92 Å². The van der Waals surface area contributed by atoms with Crippen molar-refractivity contribution in [2.45, 2.75) is 49.6 Å². The van der Waals surface area contributed by atoms with Crippen LogP contribution in [-0.4, -0.2) is 66.0 Å². The highest BCUT2D eigenvalue weighted by atomic mass is 16.4. The van der Waals surface area contributed by atoms with Gasteiger partial charge < -0.3 is 36.4 Å². The number of carbonyl (C=O) groups is 1. The summed E-state index contributed by atoms with van der Waals surface area (Å²) in [6, 6.07) is 0.174. The van der Waals surface area contributed by atoms with E-state index in [0.717, 1.165) is 12.8 Å². The minimum atomic E-state index is -1.57. The predicted molar refractivity (Wildman–Crippen MR) is 105 cm³/mol. The van der Waals surface area contributed by atoms with Gasteiger partial charge >= 0.3 is 13.1 Å². The SMILES string of the molecule is CN(c1c(N2C[C@H](CCCB(O)O)[C@](N)(C(=O)O)C2)c(=O)c1=O)C1CC(N)C1. The lowest BCUT2D eigenvalue weighted by Gasteiger charge is -2.42. The summed E-state index contributed by atoms with van der Waals surface area (Å²) in [6.45, 7) is 0.144. The van der Waals surface area contributed by atoms with E-state index in [1.165, 1.54) is 0 Å². The maximum Gasteiger partial charge on any atom is 0.451 e. The van der Waals surface area contributed by atoms with Crippen LogP contribution in [0.3, 0.4) is 0 Å². The van der Waals surface area contributed by atoms with Crippen molar-refractivity contribution in [2.75, 3.05) is 29.9 Å². The van der Waals surface area contributed by atoms with E-state index < -0.39 is 35.4 Å². The topological polar surface area (TPSA) is 170 Å². The molecule has 2 aliphatic rings. The molecular weight excluding hydrogens is 367 g/mol. The molecule has 0 bridgehead atoms. The molecule has 28 heavy (non-hydrogen) atoms. The summed E-state index contributed by atoms with van der Waals surface area (Å²) in [6.07, 6.45) is 2.34. The van der Waals surface area contributed by atoms with Gasteiger partial charge in [0, 0.05) is 38.1 Å². The number of hydrogen-bond donors (Lipinski definition) is 5. The molecule has 1 heterocycles. The first-order valence-corrected chi connectivity index (χ1v) is 9.51. The van der Waals surface area contributed by atoms with Crippen molar-refractivity contribution in [3.05, 3.63) is 20.4 Å². The molecule has 2 fully saturated rings. The van der Waals surface area contributed by atoms with Crippen molar-refractivity contribution in [1.82, 2.24) is 0 Å². The number of carboxylic acid groups (broad SMARTS) is 1. The molecular formula is C17H27BN4O6. The zero-order valence-corrected chi connectivity index (χ0v) is 15.9. The Morgan fingerprint density at radius 1 is 1.32 bits per heavy atom. The van der Waals surface area contributed by atoms with Crippen molar-refractivity contribution < 1.29 is 19.9 Å². The molecule has 154 valence electrons. The molecule has 1 aromatic carbocycles. The lowest BCUT2D eigenvalue weighted by atomic mass is 9.78. The fourth-order valence-corrected chi connectivity index (χ4v) is 4.36. The first-order valence-electron chi connectivity index (χ1n) is 9.51. The first-order chi connectivity index (χ1) is 13.1. The standard InChI is InChI=1S/C17H27BN4O6/c1-21(11-5-10(19)6-11)12-13(15(24)14(12)23)22-7-9(3-2-4-18(27)28)17(20,8-22)16(25)26/h9-11,27-28H,2-8,19-20H2,1H3,(H,25,26)/t9-,10?,11?,17-/m0/s1. The minimum absolute atomic E-state index is 0.0788. The van der Waals surface area contributed by atoms with Gasteiger partial charge in [0.2, 0.25) is 0 Å². The highest BCUT2D eigenvalue weighted by Crippen LogP contribution is 2.37. The Morgan fingerprint density at radius 3 is 2.50 bits per heavy atom. The number of nitrogens with two attached hydrogens (primary N) is 2. The van der Waals surface area contributed by atoms with Crippen molar-refractivity contribution >= 4 is 24.5 Å². The molecule has 0 spiro atoms. The smallest absolute Gasteiger partial charge is 0.451 e. The molecule has 1 aliphatic heterocycles. The third kappa shape index (κ3) is 3.43. The van der Waals surface area contributed by atoms with Crippen molar-refractivity contribution in [2.24, 2.45) is 17.4 Å². The van der Waals surface area contributed by atoms with Crippen LogP contribution in [0.1, 0.15) is 25.7 Å². The van der Waals surface area contributed by atoms with Gasteiger partial charge in [-0.2, -0.15) is 0 Å². The lowest BCUT2D eigenvalue weighted by Crippen LogP contribution is -2.56. The van der Waals surface area contributed by atoms with Crippen LogP contribution in [0.25, 0.3) is 0 Å². The van der Waals surface area contributed by atoms with Gasteiger partial charge in [-0.25, -0.2) is 0 Å². The Balaban J connectivity index is 1.81. The summed E-state index contributed by atoms with van der Waals surface area (Å²) in [4.78, 5) is 39.7. The van der Waals surface area contributed by atoms with Crippen LogP contribution < -0.4 is 32.1 Å². The van der Waals surface area contributed by atoms with E-state index >= 15 is 0 Å². The monoisotopic (exact) mass is 394 g/mol. The van der Waals surface area contributed by atoms with Gasteiger partial charge in [-0.3, -0.25) is 14.4 Å². The summed E-state index contributed by atoms with van der Waals surface area (Å²) in [7, 11) is 0.288. The van der Waals surface area contributed by atoms with Crippen molar-refractivity contribution in [1.29, 1.82) is 0 Å². The summed E-state index contributed by atoms with van der Waals surface area (Å²) < 4.78 is 0. The Labute approximate surface area is 162 Å². The molecule has 0 aromatic heterocycles. The predicted octanol–water partition coefficient (Wildman–Crippen LogP) is -2.32. The van der Waals surface area contributed by atoms with Crippen LogP contribution in [-0.2, 0) is 4.79 Å². The molecule has 11 heteroatoms. The van der Waals surface area contributed by atoms with E-state index in [1.807, 2.05) is 0 Å². The number of aliphatic carboxylic acids is 1. The molecule has 0 amide bonds. The average molecular weight is 394 g/mol. The number of nitrogens with zero attached hydrogens (tertiary/aromatic N) is 2. The van der Waals surface area contributed by atoms with Crippen LogP contribution >= 0.6 is 0 Å². The Morgan fingerprint density at radius 2 is 1.96 bits per heavy atom. The molecule has 0 unspecified atom stereocenters. The number of anilines is 2. The zero-order valence-electron chi connectivity index (χ0n) is 15.9. The van der Waals surface area contributed by atoms with Crippen molar-refractivity contribution in [3.63, 3.8) is 0 Å². The van der Waals surface area contributed by atoms with Crippen LogP contribution in [0.2, 0.25) is 6.32 Å². The van der Waals surface area contributed by atoms with Crippen molar-refractivity contribution in [3.8, 4) is 0 Å². The van der Waals surface area contributed by atoms with E-state index in [9.17, 15) is 19.5 Å². The molecule has 1 saturated carbocycles. The van der Waals surface area contributed by atoms with Gasteiger partial charge in [-0.15, -0.1) is 0 Å². The van der Waals surface area contributed by atoms with Gasteiger partial charge in [-0.05, 0) is 25.6 Å². The average Bonchev–Trinajstić information content (AvgIpc) is 2.92. The maximum absolute atomic E-state index is 12.3. The molecule has 7 N–H and O–H groups in total. The summed E-state index contributed by atoms with van der Waals surface area (Å²) in [5, 5.41) is 27.7. The largest absolute Gasteiger partial charge is 0.480 e. The molecule has 2 atom stereocenters. The molecule has 1 aromatic rings. The highest BCUT2D eigenvalue weighted by molar-refractivity contribution is 6.40. The Bertz CT molecular complexity index is 819. The number of carboxylic acids is 1.